The molecule has 148 valence electrons. The largest absolute Gasteiger partial charge is 0.369 e. The molecule has 0 aliphatic carbocycles. The van der Waals surface area contributed by atoms with Gasteiger partial charge in [0.25, 0.3) is 0 Å². The van der Waals surface area contributed by atoms with Gasteiger partial charge in [-0.2, -0.15) is 0 Å². The van der Waals surface area contributed by atoms with Crippen LogP contribution in [0.4, 0.5) is 4.39 Å². The minimum Gasteiger partial charge on any atom is -0.369 e. The molecule has 3 N–H and O–H groups in total. The number of unbranched alkanes of at least 4 members (excludes halogenated alkanes) is 2. The van der Waals surface area contributed by atoms with Crippen molar-refractivity contribution in [2.75, 3.05) is 6.54 Å². The molecule has 28 heavy (non-hydrogen) atoms. The summed E-state index contributed by atoms with van der Waals surface area (Å²) in [7, 11) is 0. The number of carbonyl (C=O) groups excluding carboxylic acids is 1. The van der Waals surface area contributed by atoms with Gasteiger partial charge in [0.15, 0.2) is 0 Å². The van der Waals surface area contributed by atoms with Gasteiger partial charge in [0, 0.05) is 6.54 Å². The zero-order valence-electron chi connectivity index (χ0n) is 16.2. The molecule has 0 radical (unpaired) electrons. The maximum absolute atomic E-state index is 13.1. The highest BCUT2D eigenvalue weighted by Gasteiger charge is 2.12. The highest BCUT2D eigenvalue weighted by Crippen LogP contribution is 2.21. The Morgan fingerprint density at radius 3 is 2.61 bits per heavy atom. The third-order valence-electron chi connectivity index (χ3n) is 4.78. The summed E-state index contributed by atoms with van der Waals surface area (Å²) in [5.41, 5.74) is 9.48. The Kier molecular flexibility index (Phi) is 6.76. The topological polar surface area (TPSA) is 72.9 Å². The fourth-order valence-electron chi connectivity index (χ4n) is 3.37. The van der Waals surface area contributed by atoms with Crippen molar-refractivity contribution in [3.63, 3.8) is 0 Å². The molecule has 0 spiro atoms. The Bertz CT molecular complexity index is 934. The van der Waals surface area contributed by atoms with Crippen molar-refractivity contribution in [3.05, 3.63) is 65.2 Å². The summed E-state index contributed by atoms with van der Waals surface area (Å²) in [6.07, 6.45) is 4.12. The van der Waals surface area contributed by atoms with Crippen LogP contribution in [0.3, 0.4) is 0 Å². The number of aromatic nitrogens is 2. The smallest absolute Gasteiger partial charge is 0.231 e. The summed E-state index contributed by atoms with van der Waals surface area (Å²) in [5.74, 6) is 0.308. The first kappa shape index (κ1) is 20.0. The number of hydrogen-bond acceptors (Lipinski definition) is 3. The van der Waals surface area contributed by atoms with Crippen LogP contribution in [-0.2, 0) is 24.3 Å². The van der Waals surface area contributed by atoms with Crippen molar-refractivity contribution < 1.29 is 9.18 Å². The molecule has 1 heterocycles. The predicted molar refractivity (Wildman–Crippen MR) is 109 cm³/mol. The van der Waals surface area contributed by atoms with Gasteiger partial charge in [-0.05, 0) is 48.2 Å². The molecule has 0 atom stereocenters. The number of nitrogens with one attached hydrogen (secondary N) is 1. The average molecular weight is 382 g/mol. The second kappa shape index (κ2) is 9.46. The highest BCUT2D eigenvalue weighted by atomic mass is 19.1. The lowest BCUT2D eigenvalue weighted by Crippen LogP contribution is -2.29. The molecule has 1 aromatic heterocycles. The van der Waals surface area contributed by atoms with E-state index >= 15 is 0 Å². The number of aryl methyl sites for hydroxylation is 1. The summed E-state index contributed by atoms with van der Waals surface area (Å²) in [6, 6.07) is 12.9. The van der Waals surface area contributed by atoms with E-state index in [9.17, 15) is 9.18 Å². The fourth-order valence-corrected chi connectivity index (χ4v) is 3.37. The van der Waals surface area contributed by atoms with Gasteiger partial charge in [0.1, 0.15) is 11.6 Å². The summed E-state index contributed by atoms with van der Waals surface area (Å²) >= 11 is 0. The Balaban J connectivity index is 1.86. The summed E-state index contributed by atoms with van der Waals surface area (Å²) in [4.78, 5) is 15.8. The number of nitrogens with two attached hydrogens (primary N) is 1. The molecule has 5 nitrogen and oxygen atoms in total. The molecule has 1 amide bonds. The fraction of sp³-hybridized carbons (Fsp3) is 0.364. The number of nitrogens with zero attached hydrogens (tertiary/aromatic N) is 2. The lowest BCUT2D eigenvalue weighted by molar-refractivity contribution is -0.117. The van der Waals surface area contributed by atoms with Gasteiger partial charge in [0.05, 0.1) is 24.1 Å². The number of primary amides is 1. The van der Waals surface area contributed by atoms with Crippen LogP contribution < -0.4 is 11.1 Å². The standard InChI is InChI=1S/C22H27FN4O/c1-2-3-4-11-27-20-13-17(12-16-5-8-18(23)9-6-16)7-10-19(20)26-22(27)15-25-14-21(24)28/h5-10,13,25H,2-4,11-12,14-15H2,1H3,(H2,24,28). The third kappa shape index (κ3) is 5.16. The number of hydrogen-bond donors (Lipinski definition) is 2. The number of carbonyl (C=O) groups is 1. The van der Waals surface area contributed by atoms with Crippen LogP contribution in [0.15, 0.2) is 42.5 Å². The van der Waals surface area contributed by atoms with Crippen LogP contribution >= 0.6 is 0 Å². The van der Waals surface area contributed by atoms with E-state index in [1.165, 1.54) is 12.1 Å². The molecule has 0 aliphatic heterocycles. The van der Waals surface area contributed by atoms with Crippen molar-refractivity contribution in [1.29, 1.82) is 0 Å². The Morgan fingerprint density at radius 2 is 1.89 bits per heavy atom. The highest BCUT2D eigenvalue weighted by molar-refractivity contribution is 5.77. The lowest BCUT2D eigenvalue weighted by Gasteiger charge is -2.10. The molecular weight excluding hydrogens is 355 g/mol. The molecule has 3 aromatic rings. The van der Waals surface area contributed by atoms with Gasteiger partial charge in [-0.15, -0.1) is 0 Å². The molecule has 0 unspecified atom stereocenters. The molecule has 2 aromatic carbocycles. The molecule has 0 fully saturated rings. The molecule has 0 saturated carbocycles. The van der Waals surface area contributed by atoms with Crippen molar-refractivity contribution >= 4 is 16.9 Å². The normalized spacial score (nSPS) is 11.2. The van der Waals surface area contributed by atoms with Gasteiger partial charge in [-0.3, -0.25) is 4.79 Å². The van der Waals surface area contributed by atoms with E-state index in [1.807, 2.05) is 18.2 Å². The maximum Gasteiger partial charge on any atom is 0.231 e. The van der Waals surface area contributed by atoms with Gasteiger partial charge < -0.3 is 15.6 Å². The number of amides is 1. The van der Waals surface area contributed by atoms with Crippen molar-refractivity contribution in [2.24, 2.45) is 5.73 Å². The predicted octanol–water partition coefficient (Wildman–Crippen LogP) is 3.53. The monoisotopic (exact) mass is 382 g/mol. The number of fused-ring (bicyclic) bond motifs is 1. The SMILES string of the molecule is CCCCCn1c(CNCC(N)=O)nc2ccc(Cc3ccc(F)cc3)cc21. The summed E-state index contributed by atoms with van der Waals surface area (Å²) in [6.45, 7) is 3.70. The Morgan fingerprint density at radius 1 is 1.14 bits per heavy atom. The van der Waals surface area contributed by atoms with Crippen molar-refractivity contribution in [2.45, 2.75) is 45.7 Å². The average Bonchev–Trinajstić information content (AvgIpc) is 3.01. The first-order valence-electron chi connectivity index (χ1n) is 9.78. The van der Waals surface area contributed by atoms with Gasteiger partial charge >= 0.3 is 0 Å². The van der Waals surface area contributed by atoms with Crippen LogP contribution in [-0.4, -0.2) is 22.0 Å². The third-order valence-corrected chi connectivity index (χ3v) is 4.78. The molecule has 6 heteroatoms. The molecular formula is C22H27FN4O. The van der Waals surface area contributed by atoms with Crippen molar-refractivity contribution in [1.82, 2.24) is 14.9 Å². The molecule has 0 saturated heterocycles. The second-order valence-electron chi connectivity index (χ2n) is 7.08. The summed E-state index contributed by atoms with van der Waals surface area (Å²) < 4.78 is 15.4. The van der Waals surface area contributed by atoms with Crippen molar-refractivity contribution in [3.8, 4) is 0 Å². The lowest BCUT2D eigenvalue weighted by atomic mass is 10.0. The number of rotatable bonds is 10. The van der Waals surface area contributed by atoms with E-state index in [-0.39, 0.29) is 18.3 Å². The molecule has 0 aliphatic rings. The maximum atomic E-state index is 13.1. The van der Waals surface area contributed by atoms with Crippen LogP contribution in [0.2, 0.25) is 0 Å². The molecule has 0 bridgehead atoms. The van der Waals surface area contributed by atoms with Gasteiger partial charge in [-0.1, -0.05) is 38.0 Å². The number of benzene rings is 2. The van der Waals surface area contributed by atoms with E-state index in [1.54, 1.807) is 0 Å². The Hall–Kier alpha value is -2.73. The van der Waals surface area contributed by atoms with Crippen LogP contribution in [0, 0.1) is 5.82 Å². The van der Waals surface area contributed by atoms with Crippen LogP contribution in [0.1, 0.15) is 43.1 Å². The van der Waals surface area contributed by atoms with E-state index in [2.05, 4.69) is 28.9 Å². The van der Waals surface area contributed by atoms with E-state index in [4.69, 9.17) is 10.7 Å². The number of imidazole rings is 1. The quantitative estimate of drug-likeness (QED) is 0.527. The van der Waals surface area contributed by atoms with Gasteiger partial charge in [-0.25, -0.2) is 9.37 Å². The first-order valence-corrected chi connectivity index (χ1v) is 9.78. The van der Waals surface area contributed by atoms with E-state index in [0.717, 1.165) is 60.2 Å². The van der Waals surface area contributed by atoms with Crippen LogP contribution in [0.5, 0.6) is 0 Å². The second-order valence-corrected chi connectivity index (χ2v) is 7.08. The Labute approximate surface area is 164 Å². The minimum absolute atomic E-state index is 0.133. The zero-order chi connectivity index (χ0) is 19.9. The summed E-state index contributed by atoms with van der Waals surface area (Å²) in [5, 5.41) is 3.06. The van der Waals surface area contributed by atoms with Gasteiger partial charge in [0.2, 0.25) is 5.91 Å². The van der Waals surface area contributed by atoms with Crippen LogP contribution in [0.25, 0.3) is 11.0 Å². The molecule has 3 rings (SSSR count). The van der Waals surface area contributed by atoms with E-state index in [0.29, 0.717) is 6.54 Å². The minimum atomic E-state index is -0.379. The number of halogens is 1. The van der Waals surface area contributed by atoms with E-state index < -0.39 is 0 Å². The first-order chi connectivity index (χ1) is 13.6. The zero-order valence-corrected chi connectivity index (χ0v) is 16.2.